The molecule has 1 aromatic carbocycles. The third-order valence-electron chi connectivity index (χ3n) is 5.31. The van der Waals surface area contributed by atoms with Crippen LogP contribution in [-0.2, 0) is 0 Å². The molecular weight excluding hydrogens is 404 g/mol. The molecule has 3 heterocycles. The van der Waals surface area contributed by atoms with E-state index < -0.39 is 0 Å². The predicted molar refractivity (Wildman–Crippen MR) is 117 cm³/mol. The van der Waals surface area contributed by atoms with Crippen molar-refractivity contribution in [3.63, 3.8) is 0 Å². The number of nitrogens with zero attached hydrogens (tertiary/aromatic N) is 6. The first-order valence-corrected chi connectivity index (χ1v) is 10.0. The third kappa shape index (κ3) is 3.91. The summed E-state index contributed by atoms with van der Waals surface area (Å²) in [6, 6.07) is 10.5. The second-order valence-corrected chi connectivity index (χ2v) is 7.60. The lowest BCUT2D eigenvalue weighted by atomic mass is 10.2. The number of hydrogen-bond acceptors (Lipinski definition) is 7. The zero-order valence-corrected chi connectivity index (χ0v) is 17.5. The van der Waals surface area contributed by atoms with Crippen molar-refractivity contribution in [1.29, 1.82) is 0 Å². The van der Waals surface area contributed by atoms with Gasteiger partial charge in [-0.1, -0.05) is 17.7 Å². The van der Waals surface area contributed by atoms with E-state index in [4.69, 9.17) is 16.6 Å². The minimum absolute atomic E-state index is 0.0300. The second-order valence-electron chi connectivity index (χ2n) is 7.16. The minimum Gasteiger partial charge on any atom is -0.362 e. The molecule has 0 N–H and O–H groups in total. The van der Waals surface area contributed by atoms with Crippen molar-refractivity contribution in [1.82, 2.24) is 15.0 Å². The topological polar surface area (TPSA) is 88.3 Å². The van der Waals surface area contributed by atoms with Crippen molar-refractivity contribution in [3.8, 4) is 11.5 Å². The molecule has 1 fully saturated rings. The van der Waals surface area contributed by atoms with E-state index in [-0.39, 0.29) is 10.6 Å². The van der Waals surface area contributed by atoms with Crippen molar-refractivity contribution in [3.05, 3.63) is 69.0 Å². The lowest BCUT2D eigenvalue weighted by Crippen LogP contribution is -2.47. The van der Waals surface area contributed by atoms with Crippen LogP contribution >= 0.6 is 11.6 Å². The molecular formula is C21H21ClN6O2. The number of nitro benzene ring substituents is 1. The summed E-state index contributed by atoms with van der Waals surface area (Å²) >= 11 is 5.95. The summed E-state index contributed by atoms with van der Waals surface area (Å²) in [5, 5.41) is 11.8. The number of aromatic nitrogens is 3. The molecule has 8 nitrogen and oxygen atoms in total. The normalized spacial score (nSPS) is 14.1. The Bertz CT molecular complexity index is 1080. The molecule has 1 aliphatic heterocycles. The van der Waals surface area contributed by atoms with Crippen LogP contribution in [0.3, 0.4) is 0 Å². The number of nitro groups is 1. The summed E-state index contributed by atoms with van der Waals surface area (Å²) < 4.78 is 0. The first kappa shape index (κ1) is 20.0. The molecule has 2 aromatic heterocycles. The molecule has 9 heteroatoms. The maximum Gasteiger partial charge on any atom is 0.294 e. The fourth-order valence-electron chi connectivity index (χ4n) is 3.60. The zero-order valence-electron chi connectivity index (χ0n) is 16.7. The minimum atomic E-state index is -0.384. The summed E-state index contributed by atoms with van der Waals surface area (Å²) in [4.78, 5) is 29.0. The Kier molecular flexibility index (Phi) is 5.50. The van der Waals surface area contributed by atoms with Crippen molar-refractivity contribution in [2.45, 2.75) is 13.8 Å². The molecule has 0 bridgehead atoms. The van der Waals surface area contributed by atoms with Crippen LogP contribution < -0.4 is 9.80 Å². The molecule has 0 atom stereocenters. The zero-order chi connectivity index (χ0) is 21.3. The van der Waals surface area contributed by atoms with E-state index >= 15 is 0 Å². The number of benzene rings is 1. The van der Waals surface area contributed by atoms with Gasteiger partial charge >= 0.3 is 0 Å². The quantitative estimate of drug-likeness (QED) is 0.461. The summed E-state index contributed by atoms with van der Waals surface area (Å²) in [5.74, 6) is 1.48. The number of rotatable bonds is 4. The number of piperazine rings is 1. The van der Waals surface area contributed by atoms with E-state index in [1.807, 2.05) is 36.9 Å². The molecule has 0 saturated carbocycles. The number of hydrogen-bond donors (Lipinski definition) is 0. The van der Waals surface area contributed by atoms with Crippen LogP contribution in [0.4, 0.5) is 17.2 Å². The highest BCUT2D eigenvalue weighted by atomic mass is 35.5. The van der Waals surface area contributed by atoms with Gasteiger partial charge in [0, 0.05) is 54.7 Å². The average Bonchev–Trinajstić information content (AvgIpc) is 2.76. The maximum atomic E-state index is 11.4. The SMILES string of the molecule is Cc1nc(-c2ccccn2)nc(N2CCN(c3ccc(Cl)cc3[N+](=O)[O-])CC2)c1C. The van der Waals surface area contributed by atoms with Gasteiger partial charge in [0.15, 0.2) is 5.82 Å². The monoisotopic (exact) mass is 424 g/mol. The Morgan fingerprint density at radius 2 is 1.77 bits per heavy atom. The van der Waals surface area contributed by atoms with Crippen LogP contribution in [-0.4, -0.2) is 46.1 Å². The fraction of sp³-hybridized carbons (Fsp3) is 0.286. The number of aryl methyl sites for hydroxylation is 1. The van der Waals surface area contributed by atoms with Gasteiger partial charge in [0.2, 0.25) is 0 Å². The summed E-state index contributed by atoms with van der Waals surface area (Å²) in [6.07, 6.45) is 1.73. The molecule has 3 aromatic rings. The molecule has 4 rings (SSSR count). The smallest absolute Gasteiger partial charge is 0.294 e. The molecule has 0 radical (unpaired) electrons. The van der Waals surface area contributed by atoms with E-state index in [1.54, 1.807) is 18.3 Å². The van der Waals surface area contributed by atoms with Gasteiger partial charge in [-0.05, 0) is 38.1 Å². The van der Waals surface area contributed by atoms with Gasteiger partial charge in [0.05, 0.1) is 4.92 Å². The number of halogens is 1. The third-order valence-corrected chi connectivity index (χ3v) is 5.55. The maximum absolute atomic E-state index is 11.4. The van der Waals surface area contributed by atoms with E-state index in [9.17, 15) is 10.1 Å². The molecule has 0 spiro atoms. The van der Waals surface area contributed by atoms with Gasteiger partial charge in [0.1, 0.15) is 17.2 Å². The highest BCUT2D eigenvalue weighted by Crippen LogP contribution is 2.32. The van der Waals surface area contributed by atoms with Crippen molar-refractivity contribution >= 4 is 28.8 Å². The largest absolute Gasteiger partial charge is 0.362 e. The first-order chi connectivity index (χ1) is 14.4. The molecule has 0 amide bonds. The van der Waals surface area contributed by atoms with E-state index in [0.717, 1.165) is 22.8 Å². The highest BCUT2D eigenvalue weighted by molar-refractivity contribution is 6.30. The fourth-order valence-corrected chi connectivity index (χ4v) is 3.77. The predicted octanol–water partition coefficient (Wildman–Crippen LogP) is 4.04. The van der Waals surface area contributed by atoms with Gasteiger partial charge in [-0.25, -0.2) is 9.97 Å². The van der Waals surface area contributed by atoms with Gasteiger partial charge < -0.3 is 9.80 Å². The molecule has 0 aliphatic carbocycles. The first-order valence-electron chi connectivity index (χ1n) is 9.64. The van der Waals surface area contributed by atoms with Crippen LogP contribution in [0.5, 0.6) is 0 Å². The van der Waals surface area contributed by atoms with Gasteiger partial charge in [-0.3, -0.25) is 15.1 Å². The average molecular weight is 425 g/mol. The summed E-state index contributed by atoms with van der Waals surface area (Å²) in [7, 11) is 0. The van der Waals surface area contributed by atoms with Crippen LogP contribution in [0.15, 0.2) is 42.6 Å². The van der Waals surface area contributed by atoms with Gasteiger partial charge in [0.25, 0.3) is 5.69 Å². The van der Waals surface area contributed by atoms with E-state index in [1.165, 1.54) is 6.07 Å². The molecule has 1 aliphatic rings. The summed E-state index contributed by atoms with van der Waals surface area (Å²) in [6.45, 7) is 6.66. The molecule has 1 saturated heterocycles. The Morgan fingerprint density at radius 1 is 1.03 bits per heavy atom. The number of pyridine rings is 1. The van der Waals surface area contributed by atoms with Crippen molar-refractivity contribution in [2.75, 3.05) is 36.0 Å². The van der Waals surface area contributed by atoms with Crippen molar-refractivity contribution in [2.24, 2.45) is 0 Å². The second kappa shape index (κ2) is 8.23. The Hall–Kier alpha value is -3.26. The van der Waals surface area contributed by atoms with Crippen LogP contribution in [0.25, 0.3) is 11.5 Å². The van der Waals surface area contributed by atoms with E-state index in [2.05, 4.69) is 14.9 Å². The van der Waals surface area contributed by atoms with Crippen LogP contribution in [0.2, 0.25) is 5.02 Å². The standard InChI is InChI=1S/C21H21ClN6O2/c1-14-15(2)24-20(17-5-3-4-8-23-17)25-21(14)27-11-9-26(10-12-27)18-7-6-16(22)13-19(18)28(29)30/h3-8,13H,9-12H2,1-2H3. The Morgan fingerprint density at radius 3 is 2.43 bits per heavy atom. The van der Waals surface area contributed by atoms with Crippen LogP contribution in [0.1, 0.15) is 11.3 Å². The van der Waals surface area contributed by atoms with Crippen molar-refractivity contribution < 1.29 is 4.92 Å². The highest BCUT2D eigenvalue weighted by Gasteiger charge is 2.26. The summed E-state index contributed by atoms with van der Waals surface area (Å²) in [5.41, 5.74) is 3.30. The Balaban J connectivity index is 1.58. The lowest BCUT2D eigenvalue weighted by molar-refractivity contribution is -0.384. The van der Waals surface area contributed by atoms with Gasteiger partial charge in [-0.15, -0.1) is 0 Å². The number of anilines is 2. The molecule has 154 valence electrons. The molecule has 0 unspecified atom stereocenters. The molecule has 30 heavy (non-hydrogen) atoms. The van der Waals surface area contributed by atoms with Gasteiger partial charge in [-0.2, -0.15) is 0 Å². The van der Waals surface area contributed by atoms with E-state index in [0.29, 0.717) is 42.7 Å². The lowest BCUT2D eigenvalue weighted by Gasteiger charge is -2.37. The van der Waals surface area contributed by atoms with Crippen LogP contribution in [0, 0.1) is 24.0 Å². The Labute approximate surface area is 179 Å².